The second kappa shape index (κ2) is 8.21. The fraction of sp³-hybridized carbons (Fsp3) is 0.368. The molecule has 1 N–H and O–H groups in total. The fourth-order valence-electron chi connectivity index (χ4n) is 2.42. The summed E-state index contributed by atoms with van der Waals surface area (Å²) in [6.45, 7) is 6.83. The molecule has 0 aliphatic rings. The van der Waals surface area contributed by atoms with E-state index in [1.807, 2.05) is 24.3 Å². The van der Waals surface area contributed by atoms with Gasteiger partial charge in [0.2, 0.25) is 10.0 Å². The van der Waals surface area contributed by atoms with Gasteiger partial charge < -0.3 is 4.74 Å². The fourth-order valence-corrected chi connectivity index (χ4v) is 3.68. The molecular formula is C19H24ClNO3S. The Labute approximate surface area is 155 Å². The van der Waals surface area contributed by atoms with E-state index in [1.165, 1.54) is 0 Å². The van der Waals surface area contributed by atoms with Crippen LogP contribution in [0, 0.1) is 0 Å². The third-order valence-corrected chi connectivity index (χ3v) is 5.26. The molecule has 0 aliphatic heterocycles. The molecule has 4 nitrogen and oxygen atoms in total. The topological polar surface area (TPSA) is 55.4 Å². The van der Waals surface area contributed by atoms with E-state index < -0.39 is 10.0 Å². The second-order valence-electron chi connectivity index (χ2n) is 6.87. The van der Waals surface area contributed by atoms with E-state index in [2.05, 4.69) is 25.5 Å². The molecule has 0 atom stereocenters. The number of hydrogen-bond acceptors (Lipinski definition) is 3. The zero-order valence-corrected chi connectivity index (χ0v) is 16.3. The Morgan fingerprint density at radius 3 is 2.32 bits per heavy atom. The normalized spacial score (nSPS) is 12.2. The molecule has 0 aromatic heterocycles. The van der Waals surface area contributed by atoms with Crippen LogP contribution in [0.1, 0.15) is 31.9 Å². The van der Waals surface area contributed by atoms with Crippen molar-refractivity contribution in [2.75, 3.05) is 13.2 Å². The van der Waals surface area contributed by atoms with Crippen molar-refractivity contribution < 1.29 is 13.2 Å². The van der Waals surface area contributed by atoms with E-state index in [0.29, 0.717) is 10.6 Å². The standard InChI is InChI=1S/C19H24ClNO3S/c1-19(2,3)17-6-4-5-7-18(17)24-13-12-21-25(22,23)14-15-8-10-16(20)11-9-15/h4-11,21H,12-14H2,1-3H3. The molecule has 0 saturated heterocycles. The Balaban J connectivity index is 1.88. The Morgan fingerprint density at radius 2 is 1.68 bits per heavy atom. The van der Waals surface area contributed by atoms with Crippen molar-refractivity contribution >= 4 is 21.6 Å². The molecule has 136 valence electrons. The molecule has 0 amide bonds. The van der Waals surface area contributed by atoms with Gasteiger partial charge in [-0.2, -0.15) is 0 Å². The lowest BCUT2D eigenvalue weighted by molar-refractivity contribution is 0.314. The van der Waals surface area contributed by atoms with Crippen LogP contribution in [-0.2, 0) is 21.2 Å². The molecule has 25 heavy (non-hydrogen) atoms. The van der Waals surface area contributed by atoms with E-state index in [9.17, 15) is 8.42 Å². The van der Waals surface area contributed by atoms with Gasteiger partial charge in [0.15, 0.2) is 0 Å². The number of halogens is 1. The van der Waals surface area contributed by atoms with Gasteiger partial charge in [0.1, 0.15) is 12.4 Å². The maximum absolute atomic E-state index is 12.1. The number of ether oxygens (including phenoxy) is 1. The molecule has 6 heteroatoms. The highest BCUT2D eigenvalue weighted by atomic mass is 35.5. The zero-order chi connectivity index (χ0) is 18.5. The van der Waals surface area contributed by atoms with E-state index >= 15 is 0 Å². The van der Waals surface area contributed by atoms with Gasteiger partial charge in [-0.1, -0.05) is 62.7 Å². The Bertz CT molecular complexity index is 796. The summed E-state index contributed by atoms with van der Waals surface area (Å²) in [6.07, 6.45) is 0. The Kier molecular flexibility index (Phi) is 6.49. The van der Waals surface area contributed by atoms with E-state index in [4.69, 9.17) is 16.3 Å². The maximum Gasteiger partial charge on any atom is 0.215 e. The molecule has 0 heterocycles. The summed E-state index contributed by atoms with van der Waals surface area (Å²) in [7, 11) is -3.41. The predicted molar refractivity (Wildman–Crippen MR) is 103 cm³/mol. The van der Waals surface area contributed by atoms with Crippen LogP contribution in [-0.4, -0.2) is 21.6 Å². The molecule has 0 spiro atoms. The molecule has 0 fully saturated rings. The molecule has 2 aromatic carbocycles. The summed E-state index contributed by atoms with van der Waals surface area (Å²) in [5, 5.41) is 0.583. The first-order valence-corrected chi connectivity index (χ1v) is 10.1. The van der Waals surface area contributed by atoms with Gasteiger partial charge in [-0.3, -0.25) is 0 Å². The summed E-state index contributed by atoms with van der Waals surface area (Å²) < 4.78 is 32.6. The number of rotatable bonds is 7. The number of benzene rings is 2. The van der Waals surface area contributed by atoms with Crippen molar-refractivity contribution in [3.05, 3.63) is 64.7 Å². The Hall–Kier alpha value is -1.56. The van der Waals surface area contributed by atoms with Crippen molar-refractivity contribution in [3.63, 3.8) is 0 Å². The first kappa shape index (κ1) is 19.8. The largest absolute Gasteiger partial charge is 0.492 e. The Morgan fingerprint density at radius 1 is 1.04 bits per heavy atom. The number of hydrogen-bond donors (Lipinski definition) is 1. The van der Waals surface area contributed by atoms with Crippen molar-refractivity contribution in [2.24, 2.45) is 0 Å². The van der Waals surface area contributed by atoms with Crippen molar-refractivity contribution in [1.82, 2.24) is 4.72 Å². The minimum absolute atomic E-state index is 0.0370. The molecule has 2 rings (SSSR count). The minimum Gasteiger partial charge on any atom is -0.492 e. The molecule has 2 aromatic rings. The molecular weight excluding hydrogens is 358 g/mol. The van der Waals surface area contributed by atoms with Gasteiger partial charge in [0.25, 0.3) is 0 Å². The van der Waals surface area contributed by atoms with Crippen molar-refractivity contribution in [3.8, 4) is 5.75 Å². The zero-order valence-electron chi connectivity index (χ0n) is 14.8. The number of sulfonamides is 1. The highest BCUT2D eigenvalue weighted by Gasteiger charge is 2.18. The van der Waals surface area contributed by atoms with E-state index in [1.54, 1.807) is 24.3 Å². The molecule has 0 saturated carbocycles. The lowest BCUT2D eigenvalue weighted by atomic mass is 9.86. The van der Waals surface area contributed by atoms with Crippen molar-refractivity contribution in [2.45, 2.75) is 31.9 Å². The van der Waals surface area contributed by atoms with Crippen LogP contribution in [0.2, 0.25) is 5.02 Å². The highest BCUT2D eigenvalue weighted by molar-refractivity contribution is 7.88. The SMILES string of the molecule is CC(C)(C)c1ccccc1OCCNS(=O)(=O)Cc1ccc(Cl)cc1. The van der Waals surface area contributed by atoms with Crippen molar-refractivity contribution in [1.29, 1.82) is 0 Å². The van der Waals surface area contributed by atoms with Gasteiger partial charge in [0.05, 0.1) is 5.75 Å². The monoisotopic (exact) mass is 381 g/mol. The summed E-state index contributed by atoms with van der Waals surface area (Å²) >= 11 is 5.81. The van der Waals surface area contributed by atoms with Gasteiger partial charge in [0, 0.05) is 11.6 Å². The van der Waals surface area contributed by atoms with Gasteiger partial charge >= 0.3 is 0 Å². The van der Waals surface area contributed by atoms with Gasteiger partial charge in [-0.15, -0.1) is 0 Å². The van der Waals surface area contributed by atoms with Crippen LogP contribution in [0.5, 0.6) is 5.75 Å². The van der Waals surface area contributed by atoms with Crippen LogP contribution in [0.15, 0.2) is 48.5 Å². The van der Waals surface area contributed by atoms with Crippen LogP contribution in [0.4, 0.5) is 0 Å². The van der Waals surface area contributed by atoms with Gasteiger partial charge in [-0.25, -0.2) is 13.1 Å². The van der Waals surface area contributed by atoms with Crippen LogP contribution >= 0.6 is 11.6 Å². The average Bonchev–Trinajstić information content (AvgIpc) is 2.53. The quantitative estimate of drug-likeness (QED) is 0.733. The molecule has 0 aliphatic carbocycles. The lowest BCUT2D eigenvalue weighted by Crippen LogP contribution is -2.29. The van der Waals surface area contributed by atoms with Crippen LogP contribution in [0.3, 0.4) is 0 Å². The highest BCUT2D eigenvalue weighted by Crippen LogP contribution is 2.30. The second-order valence-corrected chi connectivity index (χ2v) is 9.12. The molecule has 0 radical (unpaired) electrons. The van der Waals surface area contributed by atoms with E-state index in [0.717, 1.165) is 11.3 Å². The van der Waals surface area contributed by atoms with E-state index in [-0.39, 0.29) is 24.3 Å². The maximum atomic E-state index is 12.1. The first-order valence-electron chi connectivity index (χ1n) is 8.11. The summed E-state index contributed by atoms with van der Waals surface area (Å²) in [6, 6.07) is 14.6. The average molecular weight is 382 g/mol. The summed E-state index contributed by atoms with van der Waals surface area (Å²) in [4.78, 5) is 0. The number of nitrogens with one attached hydrogen (secondary N) is 1. The predicted octanol–water partition coefficient (Wildman–Crippen LogP) is 4.14. The summed E-state index contributed by atoms with van der Waals surface area (Å²) in [5.74, 6) is 0.704. The lowest BCUT2D eigenvalue weighted by Gasteiger charge is -2.22. The third-order valence-electron chi connectivity index (χ3n) is 3.65. The molecule has 0 unspecified atom stereocenters. The molecule has 0 bridgehead atoms. The first-order chi connectivity index (χ1) is 11.7. The number of para-hydroxylation sites is 1. The third kappa shape index (κ3) is 6.34. The smallest absolute Gasteiger partial charge is 0.215 e. The minimum atomic E-state index is -3.41. The summed E-state index contributed by atoms with van der Waals surface area (Å²) in [5.41, 5.74) is 1.75. The van der Waals surface area contributed by atoms with Gasteiger partial charge in [-0.05, 0) is 34.7 Å². The van der Waals surface area contributed by atoms with Crippen LogP contribution in [0.25, 0.3) is 0 Å². The van der Waals surface area contributed by atoms with Crippen LogP contribution < -0.4 is 9.46 Å².